The number of aromatic nitrogens is 1. The number of aromatic carboxylic acids is 2. The molecule has 0 saturated heterocycles. The normalized spacial score (nSPS) is 11.1. The van der Waals surface area contributed by atoms with Crippen molar-refractivity contribution in [2.24, 2.45) is 0 Å². The molecule has 0 amide bonds. The van der Waals surface area contributed by atoms with E-state index in [0.717, 1.165) is 5.56 Å². The van der Waals surface area contributed by atoms with E-state index in [4.69, 9.17) is 9.92 Å². The zero-order valence-corrected chi connectivity index (χ0v) is 16.8. The fraction of sp³-hybridized carbons (Fsp3) is 0.0500. The summed E-state index contributed by atoms with van der Waals surface area (Å²) in [6.45, 7) is 1.77. The third kappa shape index (κ3) is 4.12. The minimum absolute atomic E-state index is 0.171. The number of benzene rings is 2. The molecule has 3 aromatic rings. The molecule has 0 saturated carbocycles. The van der Waals surface area contributed by atoms with Crippen LogP contribution in [0.1, 0.15) is 26.3 Å². The molecule has 10 nitrogen and oxygen atoms in total. The first-order chi connectivity index (χ1) is 14.5. The number of nitrogens with two attached hydrogens (primary N) is 1. The van der Waals surface area contributed by atoms with Crippen molar-refractivity contribution < 1.29 is 32.4 Å². The number of rotatable bonds is 6. The van der Waals surface area contributed by atoms with Crippen LogP contribution in [0.5, 0.6) is 5.75 Å². The van der Waals surface area contributed by atoms with Gasteiger partial charge in [0.15, 0.2) is 5.75 Å². The largest absolute Gasteiger partial charge is 0.478 e. The highest BCUT2D eigenvalue weighted by molar-refractivity contribution is 7.87. The molecule has 0 aliphatic rings. The van der Waals surface area contributed by atoms with Gasteiger partial charge >= 0.3 is 22.1 Å². The lowest BCUT2D eigenvalue weighted by molar-refractivity contribution is 0.0695. The molecule has 0 fully saturated rings. The minimum Gasteiger partial charge on any atom is -0.478 e. The molecule has 0 atom stereocenters. The zero-order chi connectivity index (χ0) is 22.9. The SMILES string of the molecule is Cc1ccc(S(=O)(=O)Oc2ccccc2-c2c(C(=O)O)c(N)[nH]c(=O)c2C(=O)O)cc1. The van der Waals surface area contributed by atoms with Crippen molar-refractivity contribution in [3.05, 3.63) is 75.6 Å². The van der Waals surface area contributed by atoms with Crippen LogP contribution in [0.4, 0.5) is 5.82 Å². The Labute approximate surface area is 175 Å². The number of carboxylic acid groups (broad SMARTS) is 2. The van der Waals surface area contributed by atoms with Gasteiger partial charge in [-0.3, -0.25) is 4.79 Å². The number of aromatic amines is 1. The van der Waals surface area contributed by atoms with E-state index in [2.05, 4.69) is 0 Å². The molecule has 5 N–H and O–H groups in total. The summed E-state index contributed by atoms with van der Waals surface area (Å²) in [6, 6.07) is 11.0. The summed E-state index contributed by atoms with van der Waals surface area (Å²) < 4.78 is 30.6. The number of hydrogen-bond acceptors (Lipinski definition) is 7. The van der Waals surface area contributed by atoms with Crippen LogP contribution in [0.15, 0.2) is 58.2 Å². The molecule has 0 aliphatic heterocycles. The van der Waals surface area contributed by atoms with E-state index in [-0.39, 0.29) is 16.2 Å². The predicted octanol–water partition coefficient (Wildman–Crippen LogP) is 2.10. The number of nitrogens with one attached hydrogen (secondary N) is 1. The predicted molar refractivity (Wildman–Crippen MR) is 110 cm³/mol. The summed E-state index contributed by atoms with van der Waals surface area (Å²) in [6.07, 6.45) is 0. The highest BCUT2D eigenvalue weighted by atomic mass is 32.2. The van der Waals surface area contributed by atoms with Gasteiger partial charge in [0.25, 0.3) is 5.56 Å². The van der Waals surface area contributed by atoms with Crippen LogP contribution >= 0.6 is 0 Å². The van der Waals surface area contributed by atoms with Crippen LogP contribution in [0.2, 0.25) is 0 Å². The zero-order valence-electron chi connectivity index (χ0n) is 15.9. The standard InChI is InChI=1S/C20H16N2O8S/c1-10-6-8-11(9-7-10)31(28,29)30-13-5-3-2-4-12(13)14-15(19(24)25)17(21)22-18(23)16(14)20(26)27/h2-9H,1H3,(H,24,25)(H,26,27)(H3,21,22,23). The van der Waals surface area contributed by atoms with Crippen LogP contribution in [0.3, 0.4) is 0 Å². The molecule has 0 radical (unpaired) electrons. The smallest absolute Gasteiger partial charge is 0.342 e. The van der Waals surface area contributed by atoms with Crippen LogP contribution in [-0.4, -0.2) is 35.6 Å². The lowest BCUT2D eigenvalue weighted by Crippen LogP contribution is -2.24. The number of carbonyl (C=O) groups is 2. The molecule has 0 unspecified atom stereocenters. The maximum Gasteiger partial charge on any atom is 0.342 e. The molecule has 1 aromatic heterocycles. The summed E-state index contributed by atoms with van der Waals surface area (Å²) in [5.41, 5.74) is 2.84. The van der Waals surface area contributed by atoms with E-state index in [1.807, 2.05) is 4.98 Å². The summed E-state index contributed by atoms with van der Waals surface area (Å²) in [5, 5.41) is 19.1. The number of carboxylic acids is 2. The Morgan fingerprint density at radius 3 is 2.13 bits per heavy atom. The van der Waals surface area contributed by atoms with Gasteiger partial charge < -0.3 is 25.1 Å². The Hall–Kier alpha value is -4.12. The van der Waals surface area contributed by atoms with Gasteiger partial charge in [0, 0.05) is 11.1 Å². The maximum atomic E-state index is 12.7. The number of hydrogen-bond donors (Lipinski definition) is 4. The first-order valence-corrected chi connectivity index (χ1v) is 10.1. The maximum absolute atomic E-state index is 12.7. The second kappa shape index (κ2) is 7.95. The second-order valence-electron chi connectivity index (χ2n) is 6.45. The van der Waals surface area contributed by atoms with E-state index in [1.54, 1.807) is 19.1 Å². The first kappa shape index (κ1) is 21.6. The summed E-state index contributed by atoms with van der Waals surface area (Å²) in [7, 11) is -4.36. The topological polar surface area (TPSA) is 177 Å². The number of H-pyrrole nitrogens is 1. The molecule has 11 heteroatoms. The van der Waals surface area contributed by atoms with Crippen LogP contribution < -0.4 is 15.5 Å². The van der Waals surface area contributed by atoms with Crippen molar-refractivity contribution in [2.75, 3.05) is 5.73 Å². The number of para-hydroxylation sites is 1. The molecule has 3 rings (SSSR count). The monoisotopic (exact) mass is 444 g/mol. The molecule has 31 heavy (non-hydrogen) atoms. The highest BCUT2D eigenvalue weighted by Gasteiger charge is 2.29. The Morgan fingerprint density at radius 1 is 0.968 bits per heavy atom. The summed E-state index contributed by atoms with van der Waals surface area (Å²) in [5.74, 6) is -4.32. The molecular formula is C20H16N2O8S. The van der Waals surface area contributed by atoms with Gasteiger partial charge in [0.2, 0.25) is 0 Å². The number of pyridine rings is 1. The van der Waals surface area contributed by atoms with Gasteiger partial charge in [-0.25, -0.2) is 9.59 Å². The Balaban J connectivity index is 2.28. The average Bonchev–Trinajstić information content (AvgIpc) is 2.67. The van der Waals surface area contributed by atoms with Gasteiger partial charge in [0.1, 0.15) is 21.8 Å². The molecule has 0 aliphatic carbocycles. The fourth-order valence-electron chi connectivity index (χ4n) is 2.93. The van der Waals surface area contributed by atoms with Crippen molar-refractivity contribution in [1.82, 2.24) is 4.98 Å². The van der Waals surface area contributed by atoms with Gasteiger partial charge in [-0.15, -0.1) is 0 Å². The average molecular weight is 444 g/mol. The quantitative estimate of drug-likeness (QED) is 0.414. The van der Waals surface area contributed by atoms with Crippen molar-refractivity contribution in [2.45, 2.75) is 11.8 Å². The molecule has 2 aromatic carbocycles. The third-order valence-corrected chi connectivity index (χ3v) is 5.59. The lowest BCUT2D eigenvalue weighted by atomic mass is 9.95. The van der Waals surface area contributed by atoms with E-state index in [0.29, 0.717) is 0 Å². The van der Waals surface area contributed by atoms with Crippen LogP contribution in [-0.2, 0) is 10.1 Å². The van der Waals surface area contributed by atoms with Crippen LogP contribution in [0.25, 0.3) is 11.1 Å². The lowest BCUT2D eigenvalue weighted by Gasteiger charge is -2.16. The molecule has 1 heterocycles. The van der Waals surface area contributed by atoms with Crippen molar-refractivity contribution in [3.63, 3.8) is 0 Å². The summed E-state index contributed by atoms with van der Waals surface area (Å²) in [4.78, 5) is 37.6. The van der Waals surface area contributed by atoms with E-state index >= 15 is 0 Å². The van der Waals surface area contributed by atoms with E-state index < -0.39 is 50.1 Å². The molecule has 0 spiro atoms. The Kier molecular flexibility index (Phi) is 5.54. The van der Waals surface area contributed by atoms with E-state index in [1.165, 1.54) is 36.4 Å². The van der Waals surface area contributed by atoms with Crippen LogP contribution in [0, 0.1) is 6.92 Å². The molecule has 160 valence electrons. The van der Waals surface area contributed by atoms with E-state index in [9.17, 15) is 33.0 Å². The fourth-order valence-corrected chi connectivity index (χ4v) is 3.88. The number of anilines is 1. The first-order valence-electron chi connectivity index (χ1n) is 8.66. The minimum atomic E-state index is -4.36. The Bertz CT molecular complexity index is 1360. The van der Waals surface area contributed by atoms with Gasteiger partial charge in [0.05, 0.1) is 0 Å². The van der Waals surface area contributed by atoms with Crippen molar-refractivity contribution in [1.29, 1.82) is 0 Å². The summed E-state index contributed by atoms with van der Waals surface area (Å²) >= 11 is 0. The van der Waals surface area contributed by atoms with Crippen molar-refractivity contribution in [3.8, 4) is 16.9 Å². The van der Waals surface area contributed by atoms with Gasteiger partial charge in [-0.1, -0.05) is 35.9 Å². The van der Waals surface area contributed by atoms with Gasteiger partial charge in [-0.05, 0) is 25.1 Å². The molecule has 0 bridgehead atoms. The highest BCUT2D eigenvalue weighted by Crippen LogP contribution is 2.37. The Morgan fingerprint density at radius 2 is 1.55 bits per heavy atom. The third-order valence-electron chi connectivity index (χ3n) is 4.34. The number of aryl methyl sites for hydroxylation is 1. The second-order valence-corrected chi connectivity index (χ2v) is 8.00. The van der Waals surface area contributed by atoms with Crippen molar-refractivity contribution >= 4 is 27.9 Å². The van der Waals surface area contributed by atoms with Gasteiger partial charge in [-0.2, -0.15) is 8.42 Å². The number of nitrogen functional groups attached to an aromatic ring is 1. The molecular weight excluding hydrogens is 428 g/mol.